The maximum Gasteiger partial charge on any atom is 0.144 e. The monoisotopic (exact) mass is 206 g/mol. The molecule has 0 aliphatic heterocycles. The van der Waals surface area contributed by atoms with Crippen LogP contribution in [0.5, 0.6) is 0 Å². The van der Waals surface area contributed by atoms with Crippen molar-refractivity contribution in [1.29, 1.82) is 0 Å². The highest BCUT2D eigenvalue weighted by molar-refractivity contribution is 7.71. The molecule has 0 saturated carbocycles. The lowest BCUT2D eigenvalue weighted by molar-refractivity contribution is 0.614. The molecule has 0 spiro atoms. The Morgan fingerprint density at radius 2 is 2.21 bits per heavy atom. The number of benzene rings is 1. The summed E-state index contributed by atoms with van der Waals surface area (Å²) in [5, 5.41) is 0.849. The van der Waals surface area contributed by atoms with Gasteiger partial charge in [-0.15, -0.1) is 0 Å². The third-order valence-electron chi connectivity index (χ3n) is 1.90. The van der Waals surface area contributed by atoms with Gasteiger partial charge in [0.1, 0.15) is 10.7 Å². The fraction of sp³-hybridized carbons (Fsp3) is 0.100. The number of aromatic nitrogens is 1. The fourth-order valence-electron chi connectivity index (χ4n) is 1.30. The largest absolute Gasteiger partial charge is 0.256 e. The first-order valence-electron chi connectivity index (χ1n) is 4.13. The van der Waals surface area contributed by atoms with E-state index >= 15 is 0 Å². The van der Waals surface area contributed by atoms with Crippen LogP contribution in [0.2, 0.25) is 0 Å². The molecule has 0 N–H and O–H groups in total. The third-order valence-corrected chi connectivity index (χ3v) is 2.52. The van der Waals surface area contributed by atoms with Gasteiger partial charge in [0.05, 0.1) is 11.3 Å². The van der Waals surface area contributed by atoms with Gasteiger partial charge in [-0.2, -0.15) is 0 Å². The van der Waals surface area contributed by atoms with Crippen molar-refractivity contribution in [2.45, 2.75) is 5.75 Å². The van der Waals surface area contributed by atoms with E-state index in [1.165, 1.54) is 0 Å². The maximum atomic E-state index is 10.5. The molecule has 3 nitrogen and oxygen atoms in total. The summed E-state index contributed by atoms with van der Waals surface area (Å²) < 4.78 is 21.0. The van der Waals surface area contributed by atoms with Gasteiger partial charge < -0.3 is 0 Å². The number of thiol groups is 1. The summed E-state index contributed by atoms with van der Waals surface area (Å²) in [6.07, 6.45) is 1.66. The molecule has 0 saturated heterocycles. The summed E-state index contributed by atoms with van der Waals surface area (Å²) >= 11 is 0. The van der Waals surface area contributed by atoms with E-state index in [2.05, 4.69) is 11.1 Å². The molecular formula is C10H8NO2S. The molecular weight excluding hydrogens is 198 g/mol. The second-order valence-corrected chi connectivity index (χ2v) is 3.91. The summed E-state index contributed by atoms with van der Waals surface area (Å²) in [7, 11) is -2.37. The minimum absolute atomic E-state index is 0.0774. The smallest absolute Gasteiger partial charge is 0.144 e. The molecule has 0 fully saturated rings. The van der Waals surface area contributed by atoms with Crippen LogP contribution in [0.1, 0.15) is 5.56 Å². The predicted molar refractivity (Wildman–Crippen MR) is 54.6 cm³/mol. The zero-order valence-electron chi connectivity index (χ0n) is 7.30. The summed E-state index contributed by atoms with van der Waals surface area (Å²) in [5.41, 5.74) is 1.61. The van der Waals surface area contributed by atoms with Crippen molar-refractivity contribution in [3.8, 4) is 0 Å². The Bertz CT molecular complexity index is 526. The number of nitrogens with zero attached hydrogens (tertiary/aromatic N) is 1. The van der Waals surface area contributed by atoms with Gasteiger partial charge in [-0.05, 0) is 29.8 Å². The molecule has 1 heterocycles. The molecule has 0 aliphatic carbocycles. The lowest BCUT2D eigenvalue weighted by atomic mass is 10.1. The van der Waals surface area contributed by atoms with Crippen molar-refractivity contribution >= 4 is 21.6 Å². The van der Waals surface area contributed by atoms with E-state index in [-0.39, 0.29) is 5.75 Å². The van der Waals surface area contributed by atoms with Crippen molar-refractivity contribution in [3.05, 3.63) is 42.1 Å². The van der Waals surface area contributed by atoms with E-state index in [1.807, 2.05) is 0 Å². The second kappa shape index (κ2) is 3.75. The van der Waals surface area contributed by atoms with Crippen molar-refractivity contribution in [2.24, 2.45) is 0 Å². The molecule has 2 aromatic rings. The normalized spacial score (nSPS) is 10.9. The molecule has 1 aromatic heterocycles. The number of fused-ring (bicyclic) bond motifs is 1. The second-order valence-electron chi connectivity index (χ2n) is 2.93. The SMILES string of the molecule is O=[SH](=O)Cc1ccc2ncc[c]c2c1. The van der Waals surface area contributed by atoms with Crippen LogP contribution in [0, 0.1) is 6.07 Å². The van der Waals surface area contributed by atoms with Crippen LogP contribution < -0.4 is 0 Å². The van der Waals surface area contributed by atoms with Crippen LogP contribution in [0.25, 0.3) is 10.9 Å². The lowest BCUT2D eigenvalue weighted by Gasteiger charge is -1.98. The molecule has 71 valence electrons. The zero-order chi connectivity index (χ0) is 9.97. The highest BCUT2D eigenvalue weighted by Gasteiger charge is 1.97. The Labute approximate surface area is 83.4 Å². The van der Waals surface area contributed by atoms with E-state index in [0.29, 0.717) is 0 Å². The highest BCUT2D eigenvalue weighted by Crippen LogP contribution is 2.13. The quantitative estimate of drug-likeness (QED) is 0.750. The molecule has 1 aromatic carbocycles. The summed E-state index contributed by atoms with van der Waals surface area (Å²) in [4.78, 5) is 4.12. The number of hydrogen-bond donors (Lipinski definition) is 1. The first-order chi connectivity index (χ1) is 6.75. The van der Waals surface area contributed by atoms with Crippen LogP contribution in [0.3, 0.4) is 0 Å². The first kappa shape index (κ1) is 9.15. The number of pyridine rings is 1. The van der Waals surface area contributed by atoms with Crippen molar-refractivity contribution < 1.29 is 8.42 Å². The standard InChI is InChI=1S/C10H8NO2S/c12-14(13)7-8-3-4-10-9(6-8)2-1-5-11-10/h1,3-6,14H,7H2. The van der Waals surface area contributed by atoms with Gasteiger partial charge in [0.2, 0.25) is 0 Å². The molecule has 0 unspecified atom stereocenters. The van der Waals surface area contributed by atoms with Gasteiger partial charge in [-0.25, -0.2) is 8.42 Å². The summed E-state index contributed by atoms with van der Waals surface area (Å²) in [6, 6.07) is 10.1. The average Bonchev–Trinajstić information content (AvgIpc) is 2.17. The maximum absolute atomic E-state index is 10.5. The van der Waals surface area contributed by atoms with Crippen molar-refractivity contribution in [2.75, 3.05) is 0 Å². The Morgan fingerprint density at radius 1 is 1.36 bits per heavy atom. The Hall–Kier alpha value is -1.42. The number of rotatable bonds is 2. The Morgan fingerprint density at radius 3 is 3.00 bits per heavy atom. The molecule has 0 atom stereocenters. The van der Waals surface area contributed by atoms with Gasteiger partial charge in [-0.1, -0.05) is 6.07 Å². The van der Waals surface area contributed by atoms with E-state index in [0.717, 1.165) is 16.5 Å². The van der Waals surface area contributed by atoms with Crippen molar-refractivity contribution in [1.82, 2.24) is 4.98 Å². The average molecular weight is 206 g/mol. The van der Waals surface area contributed by atoms with E-state index < -0.39 is 10.7 Å². The minimum Gasteiger partial charge on any atom is -0.256 e. The topological polar surface area (TPSA) is 47.0 Å². The van der Waals surface area contributed by atoms with E-state index in [1.54, 1.807) is 30.5 Å². The summed E-state index contributed by atoms with van der Waals surface area (Å²) in [6.45, 7) is 0. The molecule has 14 heavy (non-hydrogen) atoms. The van der Waals surface area contributed by atoms with Gasteiger partial charge in [0.25, 0.3) is 0 Å². The van der Waals surface area contributed by atoms with E-state index in [9.17, 15) is 8.42 Å². The Balaban J connectivity index is 2.51. The van der Waals surface area contributed by atoms with Gasteiger partial charge in [0, 0.05) is 11.6 Å². The van der Waals surface area contributed by atoms with Crippen LogP contribution >= 0.6 is 0 Å². The van der Waals surface area contributed by atoms with Gasteiger partial charge in [0.15, 0.2) is 0 Å². The summed E-state index contributed by atoms with van der Waals surface area (Å²) in [5.74, 6) is 0.0774. The molecule has 2 rings (SSSR count). The molecule has 0 aliphatic rings. The first-order valence-corrected chi connectivity index (χ1v) is 5.49. The van der Waals surface area contributed by atoms with Crippen LogP contribution in [-0.2, 0) is 16.5 Å². The molecule has 0 amide bonds. The third kappa shape index (κ3) is 1.90. The lowest BCUT2D eigenvalue weighted by Crippen LogP contribution is -1.87. The van der Waals surface area contributed by atoms with Crippen molar-refractivity contribution in [3.63, 3.8) is 0 Å². The van der Waals surface area contributed by atoms with Gasteiger partial charge in [-0.3, -0.25) is 4.98 Å². The molecule has 4 heteroatoms. The van der Waals surface area contributed by atoms with E-state index in [4.69, 9.17) is 0 Å². The zero-order valence-corrected chi connectivity index (χ0v) is 8.20. The highest BCUT2D eigenvalue weighted by atomic mass is 32.2. The fourth-order valence-corrected chi connectivity index (χ4v) is 1.80. The van der Waals surface area contributed by atoms with Crippen LogP contribution in [0.15, 0.2) is 30.5 Å². The molecule has 1 radical (unpaired) electrons. The van der Waals surface area contributed by atoms with Gasteiger partial charge >= 0.3 is 0 Å². The number of hydrogen-bond acceptors (Lipinski definition) is 3. The Kier molecular flexibility index (Phi) is 2.45. The predicted octanol–water partition coefficient (Wildman–Crippen LogP) is 1.15. The molecule has 0 bridgehead atoms. The van der Waals surface area contributed by atoms with Crippen LogP contribution in [0.4, 0.5) is 0 Å². The van der Waals surface area contributed by atoms with Crippen LogP contribution in [-0.4, -0.2) is 13.4 Å². The minimum atomic E-state index is -2.37.